The summed E-state index contributed by atoms with van der Waals surface area (Å²) in [6.07, 6.45) is 1.07. The molecule has 1 heterocycles. The fraction of sp³-hybridized carbons (Fsp3) is 0.556. The lowest BCUT2D eigenvalue weighted by Crippen LogP contribution is -2.41. The minimum Gasteiger partial charge on any atom is -0.497 e. The molecule has 2 rings (SSSR count). The second kappa shape index (κ2) is 8.68. The van der Waals surface area contributed by atoms with E-state index in [2.05, 4.69) is 5.32 Å². The Labute approximate surface area is 143 Å². The van der Waals surface area contributed by atoms with Crippen molar-refractivity contribution in [1.29, 1.82) is 0 Å². The van der Waals surface area contributed by atoms with Crippen molar-refractivity contribution in [3.8, 4) is 5.75 Å². The van der Waals surface area contributed by atoms with Gasteiger partial charge >= 0.3 is 0 Å². The number of carbonyl (C=O) groups excluding carboxylic acids is 2. The first-order chi connectivity index (χ1) is 11.6. The van der Waals surface area contributed by atoms with E-state index in [1.54, 1.807) is 19.1 Å². The van der Waals surface area contributed by atoms with Crippen LogP contribution < -0.4 is 10.1 Å². The maximum absolute atomic E-state index is 12.4. The molecule has 1 aromatic carbocycles. The maximum Gasteiger partial charge on any atom is 0.225 e. The zero-order valence-electron chi connectivity index (χ0n) is 14.6. The van der Waals surface area contributed by atoms with Gasteiger partial charge in [-0.05, 0) is 24.1 Å². The van der Waals surface area contributed by atoms with Crippen LogP contribution in [0.2, 0.25) is 0 Å². The van der Waals surface area contributed by atoms with Crippen molar-refractivity contribution in [1.82, 2.24) is 10.2 Å². The third-order valence-electron chi connectivity index (χ3n) is 4.32. The van der Waals surface area contributed by atoms with Gasteiger partial charge in [0, 0.05) is 26.6 Å². The number of amides is 2. The van der Waals surface area contributed by atoms with Crippen LogP contribution in [0, 0.1) is 5.92 Å². The van der Waals surface area contributed by atoms with E-state index < -0.39 is 0 Å². The van der Waals surface area contributed by atoms with Gasteiger partial charge in [0.15, 0.2) is 0 Å². The Bertz CT molecular complexity index is 559. The smallest absolute Gasteiger partial charge is 0.225 e. The SMILES string of the molecule is CCC(COC)NC(=O)C1CC(=O)N(Cc2ccc(OC)cc2)C1. The number of ether oxygens (including phenoxy) is 2. The van der Waals surface area contributed by atoms with Crippen molar-refractivity contribution in [3.63, 3.8) is 0 Å². The number of hydrogen-bond donors (Lipinski definition) is 1. The first kappa shape index (κ1) is 18.3. The molecule has 1 saturated heterocycles. The van der Waals surface area contributed by atoms with Gasteiger partial charge in [-0.15, -0.1) is 0 Å². The fourth-order valence-corrected chi connectivity index (χ4v) is 2.83. The molecular weight excluding hydrogens is 308 g/mol. The van der Waals surface area contributed by atoms with Crippen molar-refractivity contribution >= 4 is 11.8 Å². The van der Waals surface area contributed by atoms with Crippen molar-refractivity contribution < 1.29 is 19.1 Å². The second-order valence-electron chi connectivity index (χ2n) is 6.09. The van der Waals surface area contributed by atoms with Crippen LogP contribution in [-0.4, -0.2) is 50.1 Å². The van der Waals surface area contributed by atoms with Crippen molar-refractivity contribution in [2.75, 3.05) is 27.4 Å². The molecule has 1 N–H and O–H groups in total. The van der Waals surface area contributed by atoms with E-state index in [-0.39, 0.29) is 30.2 Å². The summed E-state index contributed by atoms with van der Waals surface area (Å²) in [4.78, 5) is 26.3. The van der Waals surface area contributed by atoms with Gasteiger partial charge in [0.2, 0.25) is 11.8 Å². The standard InChI is InChI=1S/C18H26N2O4/c1-4-15(12-23-2)19-18(22)14-9-17(21)20(11-14)10-13-5-7-16(24-3)8-6-13/h5-8,14-15H,4,9-12H2,1-3H3,(H,19,22). The normalized spacial score (nSPS) is 18.5. The number of nitrogens with zero attached hydrogens (tertiary/aromatic N) is 1. The number of likely N-dealkylation sites (tertiary alicyclic amines) is 1. The molecule has 0 spiro atoms. The second-order valence-corrected chi connectivity index (χ2v) is 6.09. The molecule has 0 saturated carbocycles. The summed E-state index contributed by atoms with van der Waals surface area (Å²) in [6, 6.07) is 7.61. The van der Waals surface area contributed by atoms with Gasteiger partial charge in [-0.2, -0.15) is 0 Å². The summed E-state index contributed by atoms with van der Waals surface area (Å²) in [6.45, 7) is 3.46. The molecule has 6 heteroatoms. The van der Waals surface area contributed by atoms with Crippen molar-refractivity contribution in [2.45, 2.75) is 32.4 Å². The molecule has 0 bridgehead atoms. The highest BCUT2D eigenvalue weighted by atomic mass is 16.5. The van der Waals surface area contributed by atoms with Gasteiger partial charge in [-0.3, -0.25) is 9.59 Å². The number of hydrogen-bond acceptors (Lipinski definition) is 4. The number of benzene rings is 1. The van der Waals surface area contributed by atoms with Crippen LogP contribution in [0.5, 0.6) is 5.75 Å². The third kappa shape index (κ3) is 4.71. The van der Waals surface area contributed by atoms with Crippen LogP contribution >= 0.6 is 0 Å². The predicted octanol–water partition coefficient (Wildman–Crippen LogP) is 1.58. The number of nitrogens with one attached hydrogen (secondary N) is 1. The molecule has 2 atom stereocenters. The fourth-order valence-electron chi connectivity index (χ4n) is 2.83. The van der Waals surface area contributed by atoms with Crippen molar-refractivity contribution in [3.05, 3.63) is 29.8 Å². The molecule has 1 fully saturated rings. The summed E-state index contributed by atoms with van der Waals surface area (Å²) in [5.41, 5.74) is 1.02. The summed E-state index contributed by atoms with van der Waals surface area (Å²) >= 11 is 0. The molecular formula is C18H26N2O4. The van der Waals surface area contributed by atoms with Gasteiger partial charge in [0.05, 0.1) is 25.7 Å². The van der Waals surface area contributed by atoms with E-state index >= 15 is 0 Å². The number of methoxy groups -OCH3 is 2. The Morgan fingerprint density at radius 2 is 2.04 bits per heavy atom. The van der Waals surface area contributed by atoms with Crippen LogP contribution in [0.4, 0.5) is 0 Å². The average Bonchev–Trinajstić information content (AvgIpc) is 2.96. The lowest BCUT2D eigenvalue weighted by molar-refractivity contribution is -0.129. The zero-order chi connectivity index (χ0) is 17.5. The summed E-state index contributed by atoms with van der Waals surface area (Å²) in [7, 11) is 3.24. The lowest BCUT2D eigenvalue weighted by atomic mass is 10.1. The maximum atomic E-state index is 12.4. The van der Waals surface area contributed by atoms with Crippen LogP contribution in [0.15, 0.2) is 24.3 Å². The highest BCUT2D eigenvalue weighted by molar-refractivity contribution is 5.89. The minimum absolute atomic E-state index is 0.00626. The Morgan fingerprint density at radius 3 is 2.62 bits per heavy atom. The molecule has 0 aliphatic carbocycles. The van der Waals surface area contributed by atoms with E-state index in [1.165, 1.54) is 0 Å². The minimum atomic E-state index is -0.290. The molecule has 0 radical (unpaired) electrons. The van der Waals surface area contributed by atoms with E-state index in [0.717, 1.165) is 17.7 Å². The monoisotopic (exact) mass is 334 g/mol. The molecule has 2 amide bonds. The van der Waals surface area contributed by atoms with Gasteiger partial charge in [-0.25, -0.2) is 0 Å². The zero-order valence-corrected chi connectivity index (χ0v) is 14.6. The van der Waals surface area contributed by atoms with E-state index in [1.807, 2.05) is 31.2 Å². The summed E-state index contributed by atoms with van der Waals surface area (Å²) in [5, 5.41) is 2.97. The Kier molecular flexibility index (Phi) is 6.61. The third-order valence-corrected chi connectivity index (χ3v) is 4.32. The Morgan fingerprint density at radius 1 is 1.33 bits per heavy atom. The van der Waals surface area contributed by atoms with E-state index in [4.69, 9.17) is 9.47 Å². The number of carbonyl (C=O) groups is 2. The van der Waals surface area contributed by atoms with Gasteiger partial charge in [0.1, 0.15) is 5.75 Å². The van der Waals surface area contributed by atoms with Crippen LogP contribution in [0.3, 0.4) is 0 Å². The molecule has 132 valence electrons. The Hall–Kier alpha value is -2.08. The van der Waals surface area contributed by atoms with Crippen LogP contribution in [-0.2, 0) is 20.9 Å². The molecule has 1 aliphatic heterocycles. The average molecular weight is 334 g/mol. The first-order valence-electron chi connectivity index (χ1n) is 8.27. The van der Waals surface area contributed by atoms with Gasteiger partial charge in [-0.1, -0.05) is 19.1 Å². The van der Waals surface area contributed by atoms with Gasteiger partial charge in [0.25, 0.3) is 0 Å². The Balaban J connectivity index is 1.90. The highest BCUT2D eigenvalue weighted by Crippen LogP contribution is 2.21. The topological polar surface area (TPSA) is 67.9 Å². The molecule has 1 aromatic rings. The molecule has 0 aromatic heterocycles. The predicted molar refractivity (Wildman–Crippen MR) is 90.6 cm³/mol. The molecule has 6 nitrogen and oxygen atoms in total. The lowest BCUT2D eigenvalue weighted by Gasteiger charge is -2.19. The van der Waals surface area contributed by atoms with E-state index in [0.29, 0.717) is 19.7 Å². The quantitative estimate of drug-likeness (QED) is 0.784. The molecule has 24 heavy (non-hydrogen) atoms. The first-order valence-corrected chi connectivity index (χ1v) is 8.27. The van der Waals surface area contributed by atoms with E-state index in [9.17, 15) is 9.59 Å². The van der Waals surface area contributed by atoms with Crippen molar-refractivity contribution in [2.24, 2.45) is 5.92 Å². The largest absolute Gasteiger partial charge is 0.497 e. The summed E-state index contributed by atoms with van der Waals surface area (Å²) in [5.74, 6) is 0.449. The molecule has 1 aliphatic rings. The summed E-state index contributed by atoms with van der Waals surface area (Å²) < 4.78 is 10.2. The van der Waals surface area contributed by atoms with Crippen LogP contribution in [0.1, 0.15) is 25.3 Å². The highest BCUT2D eigenvalue weighted by Gasteiger charge is 2.34. The van der Waals surface area contributed by atoms with Gasteiger partial charge < -0.3 is 19.7 Å². The molecule has 2 unspecified atom stereocenters. The number of rotatable bonds is 8. The van der Waals surface area contributed by atoms with Crippen LogP contribution in [0.25, 0.3) is 0 Å².